The van der Waals surface area contributed by atoms with Crippen LogP contribution in [0.25, 0.3) is 17.0 Å². The second kappa shape index (κ2) is 9.03. The maximum atomic E-state index is 13.1. The fourth-order valence-corrected chi connectivity index (χ4v) is 5.70. The first-order valence-corrected chi connectivity index (χ1v) is 12.6. The molecule has 0 radical (unpaired) electrons. The van der Waals surface area contributed by atoms with Crippen LogP contribution in [-0.2, 0) is 10.0 Å². The Hall–Kier alpha value is -2.92. The largest absolute Gasteiger partial charge is 0.497 e. The van der Waals surface area contributed by atoms with Crippen molar-refractivity contribution in [3.05, 3.63) is 64.8 Å². The third kappa shape index (κ3) is 4.18. The number of benzene rings is 2. The highest BCUT2D eigenvalue weighted by atomic mass is 35.5. The smallest absolute Gasteiger partial charge is 0.254 e. The Balaban J connectivity index is 1.39. The minimum Gasteiger partial charge on any atom is -0.497 e. The van der Waals surface area contributed by atoms with Gasteiger partial charge in [-0.1, -0.05) is 29.3 Å². The quantitative estimate of drug-likeness (QED) is 0.398. The monoisotopic (exact) mass is 518 g/mol. The standard InChI is InChI=1S/C22H20Cl2N6O3S/c1-33-16-3-2-4-17(14-16)34(31,32)29-11-9-28(10-12-29)22-26-21-25-8-7-20(30(21)27-22)18-13-15(23)5-6-19(18)24/h2-8,13-14H,9-12H2,1H3. The molecular formula is C22H20Cl2N6O3S. The lowest BCUT2D eigenvalue weighted by Crippen LogP contribution is -2.49. The predicted molar refractivity (Wildman–Crippen MR) is 130 cm³/mol. The molecule has 0 unspecified atom stereocenters. The summed E-state index contributed by atoms with van der Waals surface area (Å²) in [7, 11) is -2.13. The number of rotatable bonds is 5. The van der Waals surface area contributed by atoms with Gasteiger partial charge in [0.2, 0.25) is 16.0 Å². The van der Waals surface area contributed by atoms with Crippen molar-refractivity contribution >= 4 is 45.0 Å². The van der Waals surface area contributed by atoms with E-state index in [0.717, 1.165) is 0 Å². The summed E-state index contributed by atoms with van der Waals surface area (Å²) < 4.78 is 34.4. The average molecular weight is 519 g/mol. The molecule has 0 spiro atoms. The summed E-state index contributed by atoms with van der Waals surface area (Å²) in [5, 5.41) is 5.72. The Morgan fingerprint density at radius 2 is 1.79 bits per heavy atom. The number of hydrogen-bond acceptors (Lipinski definition) is 7. The number of halogens is 2. The molecule has 1 fully saturated rings. The molecule has 3 heterocycles. The number of anilines is 1. The molecule has 1 aliphatic rings. The van der Waals surface area contributed by atoms with Crippen molar-refractivity contribution in [3.8, 4) is 17.0 Å². The molecule has 0 aliphatic carbocycles. The van der Waals surface area contributed by atoms with Crippen LogP contribution in [0.4, 0.5) is 5.95 Å². The van der Waals surface area contributed by atoms with E-state index in [1.165, 1.54) is 17.5 Å². The minimum absolute atomic E-state index is 0.207. The summed E-state index contributed by atoms with van der Waals surface area (Å²) in [5.41, 5.74) is 1.42. The van der Waals surface area contributed by atoms with Gasteiger partial charge in [-0.05, 0) is 36.4 Å². The molecule has 1 saturated heterocycles. The fraction of sp³-hybridized carbons (Fsp3) is 0.227. The zero-order valence-electron chi connectivity index (χ0n) is 18.1. The maximum Gasteiger partial charge on any atom is 0.254 e. The third-order valence-electron chi connectivity index (χ3n) is 5.63. The van der Waals surface area contributed by atoms with Crippen LogP contribution in [0.2, 0.25) is 10.0 Å². The maximum absolute atomic E-state index is 13.1. The Kier molecular flexibility index (Phi) is 6.07. The average Bonchev–Trinajstić information content (AvgIpc) is 3.30. The van der Waals surface area contributed by atoms with Crippen molar-refractivity contribution in [2.45, 2.75) is 4.90 Å². The van der Waals surface area contributed by atoms with E-state index in [1.54, 1.807) is 53.2 Å². The van der Waals surface area contributed by atoms with Gasteiger partial charge in [-0.15, -0.1) is 5.10 Å². The van der Waals surface area contributed by atoms with Crippen molar-refractivity contribution < 1.29 is 13.2 Å². The highest BCUT2D eigenvalue weighted by molar-refractivity contribution is 7.89. The molecule has 0 bridgehead atoms. The second-order valence-electron chi connectivity index (χ2n) is 7.65. The summed E-state index contributed by atoms with van der Waals surface area (Å²) in [6.07, 6.45) is 1.64. The third-order valence-corrected chi connectivity index (χ3v) is 8.09. The van der Waals surface area contributed by atoms with Gasteiger partial charge < -0.3 is 9.64 Å². The molecule has 2 aromatic heterocycles. The van der Waals surface area contributed by atoms with Gasteiger partial charge >= 0.3 is 0 Å². The molecule has 0 atom stereocenters. The first kappa shape index (κ1) is 22.9. The Labute approximate surface area is 206 Å². The fourth-order valence-electron chi connectivity index (χ4n) is 3.85. The Morgan fingerprint density at radius 3 is 2.56 bits per heavy atom. The number of fused-ring (bicyclic) bond motifs is 1. The van der Waals surface area contributed by atoms with Gasteiger partial charge in [-0.25, -0.2) is 13.4 Å². The summed E-state index contributed by atoms with van der Waals surface area (Å²) in [4.78, 5) is 11.0. The molecule has 9 nitrogen and oxygen atoms in total. The van der Waals surface area contributed by atoms with E-state index >= 15 is 0 Å². The highest BCUT2D eigenvalue weighted by Crippen LogP contribution is 2.31. The van der Waals surface area contributed by atoms with Gasteiger partial charge in [-0.2, -0.15) is 13.8 Å². The topological polar surface area (TPSA) is 92.9 Å². The molecule has 12 heteroatoms. The van der Waals surface area contributed by atoms with Gasteiger partial charge in [-0.3, -0.25) is 0 Å². The van der Waals surface area contributed by atoms with E-state index in [2.05, 4.69) is 15.1 Å². The van der Waals surface area contributed by atoms with E-state index in [9.17, 15) is 8.42 Å². The van der Waals surface area contributed by atoms with Gasteiger partial charge in [0.05, 0.1) is 22.7 Å². The number of ether oxygens (including phenoxy) is 1. The van der Waals surface area contributed by atoms with Crippen LogP contribution in [0.15, 0.2) is 59.6 Å². The summed E-state index contributed by atoms with van der Waals surface area (Å²) in [5.74, 6) is 1.38. The van der Waals surface area contributed by atoms with Gasteiger partial charge in [0.1, 0.15) is 5.75 Å². The number of piperazine rings is 1. The van der Waals surface area contributed by atoms with Crippen LogP contribution < -0.4 is 9.64 Å². The summed E-state index contributed by atoms with van der Waals surface area (Å²) >= 11 is 12.6. The first-order valence-electron chi connectivity index (χ1n) is 10.4. The molecule has 0 saturated carbocycles. The summed E-state index contributed by atoms with van der Waals surface area (Å²) in [6, 6.07) is 13.5. The van der Waals surface area contributed by atoms with Crippen LogP contribution >= 0.6 is 23.2 Å². The zero-order chi connectivity index (χ0) is 23.9. The van der Waals surface area contributed by atoms with Crippen LogP contribution in [0.1, 0.15) is 0 Å². The molecule has 2 aromatic carbocycles. The van der Waals surface area contributed by atoms with E-state index in [0.29, 0.717) is 65.0 Å². The van der Waals surface area contributed by atoms with Crippen molar-refractivity contribution in [1.29, 1.82) is 0 Å². The van der Waals surface area contributed by atoms with Crippen molar-refractivity contribution in [2.75, 3.05) is 38.2 Å². The SMILES string of the molecule is COc1cccc(S(=O)(=O)N2CCN(c3nc4nccc(-c5cc(Cl)ccc5Cl)n4n3)CC2)c1. The van der Waals surface area contributed by atoms with Crippen LogP contribution in [0.3, 0.4) is 0 Å². The lowest BCUT2D eigenvalue weighted by Gasteiger charge is -2.33. The molecule has 0 amide bonds. The highest BCUT2D eigenvalue weighted by Gasteiger charge is 2.30. The van der Waals surface area contributed by atoms with Crippen LogP contribution in [0.5, 0.6) is 5.75 Å². The molecule has 4 aromatic rings. The normalized spacial score (nSPS) is 15.1. The van der Waals surface area contributed by atoms with Crippen LogP contribution in [0, 0.1) is 0 Å². The van der Waals surface area contributed by atoms with Gasteiger partial charge in [0.25, 0.3) is 5.78 Å². The van der Waals surface area contributed by atoms with Crippen LogP contribution in [-0.4, -0.2) is 65.6 Å². The lowest BCUT2D eigenvalue weighted by molar-refractivity contribution is 0.381. The zero-order valence-corrected chi connectivity index (χ0v) is 20.4. The second-order valence-corrected chi connectivity index (χ2v) is 10.4. The molecule has 1 aliphatic heterocycles. The van der Waals surface area contributed by atoms with Gasteiger partial charge in [0.15, 0.2) is 0 Å². The first-order chi connectivity index (χ1) is 16.4. The minimum atomic E-state index is -3.64. The van der Waals surface area contributed by atoms with E-state index in [1.807, 2.05) is 4.90 Å². The van der Waals surface area contributed by atoms with Crippen molar-refractivity contribution in [3.63, 3.8) is 0 Å². The number of aromatic nitrogens is 4. The molecule has 34 heavy (non-hydrogen) atoms. The van der Waals surface area contributed by atoms with Crippen molar-refractivity contribution in [2.24, 2.45) is 0 Å². The number of methoxy groups -OCH3 is 1. The van der Waals surface area contributed by atoms with Gasteiger partial charge in [0, 0.05) is 49.0 Å². The molecular weight excluding hydrogens is 499 g/mol. The summed E-state index contributed by atoms with van der Waals surface area (Å²) in [6.45, 7) is 1.48. The Morgan fingerprint density at radius 1 is 1.00 bits per heavy atom. The van der Waals surface area contributed by atoms with E-state index in [-0.39, 0.29) is 4.90 Å². The van der Waals surface area contributed by atoms with Crippen molar-refractivity contribution in [1.82, 2.24) is 23.9 Å². The molecule has 0 N–H and O–H groups in total. The number of sulfonamides is 1. The van der Waals surface area contributed by atoms with E-state index < -0.39 is 10.0 Å². The predicted octanol–water partition coefficient (Wildman–Crippen LogP) is 3.62. The number of hydrogen-bond donors (Lipinski definition) is 0. The number of nitrogens with zero attached hydrogens (tertiary/aromatic N) is 6. The Bertz CT molecular complexity index is 1470. The van der Waals surface area contributed by atoms with E-state index in [4.69, 9.17) is 27.9 Å². The molecule has 176 valence electrons. The lowest BCUT2D eigenvalue weighted by atomic mass is 10.1. The molecule has 5 rings (SSSR count).